The Kier molecular flexibility index (Phi) is 1.48. The second kappa shape index (κ2) is 2.67. The van der Waals surface area contributed by atoms with E-state index in [1.807, 2.05) is 0 Å². The molecule has 0 N–H and O–H groups in total. The van der Waals surface area contributed by atoms with Crippen LogP contribution in [0.5, 0.6) is 0 Å². The molecule has 0 aliphatic heterocycles. The fraction of sp³-hybridized carbons (Fsp3) is 0.273. The lowest BCUT2D eigenvalue weighted by molar-refractivity contribution is 0.473. The number of rotatable bonds is 0. The van der Waals surface area contributed by atoms with Gasteiger partial charge in [-0.25, -0.2) is 4.79 Å². The van der Waals surface area contributed by atoms with Crippen LogP contribution in [0.3, 0.4) is 0 Å². The van der Waals surface area contributed by atoms with Crippen molar-refractivity contribution in [2.24, 2.45) is 0 Å². The van der Waals surface area contributed by atoms with Gasteiger partial charge in [-0.15, -0.1) is 0 Å². The van der Waals surface area contributed by atoms with E-state index in [1.165, 1.54) is 0 Å². The Morgan fingerprint density at radius 3 is 3.21 bits per heavy atom. The van der Waals surface area contributed by atoms with Crippen molar-refractivity contribution in [3.05, 3.63) is 40.1 Å². The first-order valence-electron chi connectivity index (χ1n) is 4.76. The van der Waals surface area contributed by atoms with Crippen molar-refractivity contribution in [2.75, 3.05) is 0 Å². The normalized spacial score (nSPS) is 14.6. The molecular weight excluding hydrogens is 178 g/mol. The van der Waals surface area contributed by atoms with E-state index >= 15 is 0 Å². The van der Waals surface area contributed by atoms with E-state index in [-0.39, 0.29) is 5.63 Å². The Morgan fingerprint density at radius 1 is 1.36 bits per heavy atom. The van der Waals surface area contributed by atoms with E-state index in [0.717, 1.165) is 36.1 Å². The van der Waals surface area contributed by atoms with Crippen molar-refractivity contribution in [3.63, 3.8) is 0 Å². The Morgan fingerprint density at radius 2 is 2.29 bits per heavy atom. The van der Waals surface area contributed by atoms with Crippen LogP contribution in [0.2, 0.25) is 0 Å². The predicted molar refractivity (Wildman–Crippen MR) is 52.3 cm³/mol. The summed E-state index contributed by atoms with van der Waals surface area (Å²) < 4.78 is 5.24. The number of hydrogen-bond acceptors (Lipinski definition) is 3. The third-order valence-electron chi connectivity index (χ3n) is 2.70. The van der Waals surface area contributed by atoms with Crippen LogP contribution < -0.4 is 5.63 Å². The van der Waals surface area contributed by atoms with Crippen LogP contribution in [0, 0.1) is 0 Å². The van der Waals surface area contributed by atoms with Gasteiger partial charge in [0.05, 0.1) is 10.9 Å². The second-order valence-electron chi connectivity index (χ2n) is 3.54. The van der Waals surface area contributed by atoms with Crippen LogP contribution >= 0.6 is 0 Å². The van der Waals surface area contributed by atoms with E-state index in [4.69, 9.17) is 4.42 Å². The van der Waals surface area contributed by atoms with Crippen LogP contribution in [0.25, 0.3) is 10.9 Å². The molecule has 2 aromatic heterocycles. The van der Waals surface area contributed by atoms with E-state index in [2.05, 4.69) is 4.98 Å². The molecule has 1 aliphatic carbocycles. The summed E-state index contributed by atoms with van der Waals surface area (Å²) in [5.41, 5.74) is 1.70. The number of aryl methyl sites for hydroxylation is 2. The molecule has 0 atom stereocenters. The minimum absolute atomic E-state index is 0.256. The minimum atomic E-state index is -0.256. The monoisotopic (exact) mass is 187 g/mol. The zero-order valence-corrected chi connectivity index (χ0v) is 7.62. The predicted octanol–water partition coefficient (Wildman–Crippen LogP) is 1.68. The molecule has 0 radical (unpaired) electrons. The SMILES string of the molecule is O=c1oc2c(c3ncccc13)CCC2. The molecule has 3 rings (SSSR count). The molecule has 0 aromatic carbocycles. The third-order valence-corrected chi connectivity index (χ3v) is 2.70. The highest BCUT2D eigenvalue weighted by molar-refractivity contribution is 5.80. The summed E-state index contributed by atoms with van der Waals surface area (Å²) in [6.07, 6.45) is 4.64. The summed E-state index contributed by atoms with van der Waals surface area (Å²) in [5, 5.41) is 0.605. The molecule has 2 heterocycles. The molecule has 0 unspecified atom stereocenters. The summed E-state index contributed by atoms with van der Waals surface area (Å²) >= 11 is 0. The maximum absolute atomic E-state index is 11.5. The Bertz CT molecular complexity index is 557. The Balaban J connectivity index is 2.53. The van der Waals surface area contributed by atoms with Gasteiger partial charge in [0.1, 0.15) is 5.76 Å². The van der Waals surface area contributed by atoms with Crippen LogP contribution in [0.15, 0.2) is 27.5 Å². The van der Waals surface area contributed by atoms with Crippen molar-refractivity contribution in [1.29, 1.82) is 0 Å². The average molecular weight is 187 g/mol. The van der Waals surface area contributed by atoms with Crippen molar-refractivity contribution in [1.82, 2.24) is 4.98 Å². The highest BCUT2D eigenvalue weighted by Crippen LogP contribution is 2.25. The molecule has 2 aromatic rings. The van der Waals surface area contributed by atoms with Crippen LogP contribution in [-0.4, -0.2) is 4.98 Å². The highest BCUT2D eigenvalue weighted by Gasteiger charge is 2.18. The number of pyridine rings is 1. The first-order chi connectivity index (χ1) is 6.86. The van der Waals surface area contributed by atoms with Gasteiger partial charge in [0.15, 0.2) is 0 Å². The summed E-state index contributed by atoms with van der Waals surface area (Å²) in [6, 6.07) is 3.54. The average Bonchev–Trinajstić information content (AvgIpc) is 2.66. The molecule has 0 saturated carbocycles. The third kappa shape index (κ3) is 0.923. The Labute approximate surface area is 80.4 Å². The molecule has 0 amide bonds. The second-order valence-corrected chi connectivity index (χ2v) is 3.54. The smallest absolute Gasteiger partial charge is 0.345 e. The zero-order chi connectivity index (χ0) is 9.54. The van der Waals surface area contributed by atoms with E-state index in [9.17, 15) is 4.79 Å². The largest absolute Gasteiger partial charge is 0.427 e. The van der Waals surface area contributed by atoms with E-state index < -0.39 is 0 Å². The summed E-state index contributed by atoms with van der Waals surface area (Å²) in [4.78, 5) is 15.8. The van der Waals surface area contributed by atoms with Gasteiger partial charge in [0.25, 0.3) is 0 Å². The maximum Gasteiger partial charge on any atom is 0.345 e. The zero-order valence-electron chi connectivity index (χ0n) is 7.62. The molecule has 0 saturated heterocycles. The van der Waals surface area contributed by atoms with Gasteiger partial charge in [-0.1, -0.05) is 0 Å². The van der Waals surface area contributed by atoms with Gasteiger partial charge in [0.2, 0.25) is 0 Å². The van der Waals surface area contributed by atoms with Gasteiger partial charge < -0.3 is 4.42 Å². The maximum atomic E-state index is 11.5. The lowest BCUT2D eigenvalue weighted by Gasteiger charge is -2.01. The van der Waals surface area contributed by atoms with Crippen molar-refractivity contribution >= 4 is 10.9 Å². The molecule has 3 nitrogen and oxygen atoms in total. The van der Waals surface area contributed by atoms with Gasteiger partial charge in [-0.05, 0) is 25.0 Å². The topological polar surface area (TPSA) is 43.1 Å². The van der Waals surface area contributed by atoms with E-state index in [1.54, 1.807) is 18.3 Å². The van der Waals surface area contributed by atoms with Crippen LogP contribution in [0.4, 0.5) is 0 Å². The molecule has 14 heavy (non-hydrogen) atoms. The van der Waals surface area contributed by atoms with Crippen molar-refractivity contribution in [2.45, 2.75) is 19.3 Å². The molecule has 1 aliphatic rings. The number of aromatic nitrogens is 1. The van der Waals surface area contributed by atoms with Crippen LogP contribution in [-0.2, 0) is 12.8 Å². The number of nitrogens with zero attached hydrogens (tertiary/aromatic N) is 1. The quantitative estimate of drug-likeness (QED) is 0.630. The molecule has 70 valence electrons. The lowest BCUT2D eigenvalue weighted by Crippen LogP contribution is -2.04. The standard InChI is InChI=1S/C11H9NO2/c13-11-8-4-2-6-12-10(8)7-3-1-5-9(7)14-11/h2,4,6H,1,3,5H2. The lowest BCUT2D eigenvalue weighted by atomic mass is 10.1. The summed E-state index contributed by atoms with van der Waals surface area (Å²) in [7, 11) is 0. The molecule has 0 spiro atoms. The van der Waals surface area contributed by atoms with Gasteiger partial charge in [0, 0.05) is 18.2 Å². The van der Waals surface area contributed by atoms with Crippen molar-refractivity contribution < 1.29 is 4.42 Å². The molecule has 3 heteroatoms. The fourth-order valence-corrected chi connectivity index (χ4v) is 2.06. The minimum Gasteiger partial charge on any atom is -0.427 e. The Hall–Kier alpha value is -1.64. The first-order valence-corrected chi connectivity index (χ1v) is 4.76. The fourth-order valence-electron chi connectivity index (χ4n) is 2.06. The molecule has 0 bridgehead atoms. The molecular formula is C11H9NO2. The molecule has 0 fully saturated rings. The number of hydrogen-bond donors (Lipinski definition) is 0. The highest BCUT2D eigenvalue weighted by atomic mass is 16.4. The van der Waals surface area contributed by atoms with E-state index in [0.29, 0.717) is 5.39 Å². The summed E-state index contributed by atoms with van der Waals surface area (Å²) in [5.74, 6) is 0.834. The van der Waals surface area contributed by atoms with Crippen LogP contribution in [0.1, 0.15) is 17.7 Å². The van der Waals surface area contributed by atoms with Gasteiger partial charge in [-0.2, -0.15) is 0 Å². The van der Waals surface area contributed by atoms with Gasteiger partial charge in [-0.3, -0.25) is 4.98 Å². The number of fused-ring (bicyclic) bond motifs is 3. The first kappa shape index (κ1) is 7.74. The van der Waals surface area contributed by atoms with Crippen molar-refractivity contribution in [3.8, 4) is 0 Å². The summed E-state index contributed by atoms with van der Waals surface area (Å²) in [6.45, 7) is 0. The van der Waals surface area contributed by atoms with Gasteiger partial charge >= 0.3 is 5.63 Å².